The molecule has 0 spiro atoms. The Balaban J connectivity index is 3.02. The van der Waals surface area contributed by atoms with E-state index in [9.17, 15) is 0 Å². The minimum Gasteiger partial charge on any atom is -0.384 e. The Morgan fingerprint density at radius 2 is 2.14 bits per heavy atom. The van der Waals surface area contributed by atoms with Gasteiger partial charge in [-0.25, -0.2) is 4.98 Å². The number of amidine groups is 1. The van der Waals surface area contributed by atoms with Crippen LogP contribution in [0, 0.1) is 5.41 Å². The summed E-state index contributed by atoms with van der Waals surface area (Å²) in [5.41, 5.74) is 5.99. The van der Waals surface area contributed by atoms with Crippen molar-refractivity contribution in [3.8, 4) is 0 Å². The Labute approximate surface area is 84.1 Å². The molecular weight excluding hydrogens is 176 g/mol. The largest absolute Gasteiger partial charge is 0.384 e. The summed E-state index contributed by atoms with van der Waals surface area (Å²) in [5.74, 6) is 0.692. The molecule has 76 valence electrons. The topological polar surface area (TPSA) is 74.8 Å². The summed E-state index contributed by atoms with van der Waals surface area (Å²) in [5, 5.41) is 10.6. The molecule has 0 unspecified atom stereocenters. The Kier molecular flexibility index (Phi) is 2.74. The molecule has 0 saturated heterocycles. The highest BCUT2D eigenvalue weighted by Gasteiger charge is 2.13. The van der Waals surface area contributed by atoms with Crippen molar-refractivity contribution in [3.05, 3.63) is 23.9 Å². The fourth-order valence-electron chi connectivity index (χ4n) is 1.08. The molecule has 4 N–H and O–H groups in total. The van der Waals surface area contributed by atoms with Crippen molar-refractivity contribution in [2.75, 3.05) is 5.32 Å². The number of hydrogen-bond donors (Lipinski definition) is 3. The van der Waals surface area contributed by atoms with Gasteiger partial charge in [-0.2, -0.15) is 0 Å². The molecule has 0 aliphatic rings. The van der Waals surface area contributed by atoms with Crippen LogP contribution in [-0.2, 0) is 0 Å². The van der Waals surface area contributed by atoms with Crippen LogP contribution in [0.4, 0.5) is 5.82 Å². The third-order valence-corrected chi connectivity index (χ3v) is 1.59. The van der Waals surface area contributed by atoms with Crippen molar-refractivity contribution in [2.24, 2.45) is 5.73 Å². The van der Waals surface area contributed by atoms with E-state index in [1.165, 1.54) is 0 Å². The van der Waals surface area contributed by atoms with Gasteiger partial charge in [-0.1, -0.05) is 0 Å². The van der Waals surface area contributed by atoms with Crippen LogP contribution in [0.15, 0.2) is 18.3 Å². The van der Waals surface area contributed by atoms with E-state index in [1.807, 2.05) is 20.8 Å². The highest BCUT2D eigenvalue weighted by Crippen LogP contribution is 2.15. The van der Waals surface area contributed by atoms with Gasteiger partial charge < -0.3 is 11.1 Å². The third-order valence-electron chi connectivity index (χ3n) is 1.59. The van der Waals surface area contributed by atoms with Crippen LogP contribution in [0.5, 0.6) is 0 Å². The van der Waals surface area contributed by atoms with Gasteiger partial charge in [0.2, 0.25) is 0 Å². The van der Waals surface area contributed by atoms with Gasteiger partial charge >= 0.3 is 0 Å². The number of nitrogens with one attached hydrogen (secondary N) is 2. The summed E-state index contributed by atoms with van der Waals surface area (Å²) in [7, 11) is 0. The van der Waals surface area contributed by atoms with Gasteiger partial charge in [0, 0.05) is 11.7 Å². The minimum atomic E-state index is -0.0848. The van der Waals surface area contributed by atoms with Gasteiger partial charge in [-0.3, -0.25) is 5.41 Å². The van der Waals surface area contributed by atoms with E-state index < -0.39 is 0 Å². The van der Waals surface area contributed by atoms with Gasteiger partial charge in [0.1, 0.15) is 11.7 Å². The summed E-state index contributed by atoms with van der Waals surface area (Å²) in [6.07, 6.45) is 1.68. The second-order valence-electron chi connectivity index (χ2n) is 4.19. The van der Waals surface area contributed by atoms with Gasteiger partial charge in [0.05, 0.1) is 5.56 Å². The Morgan fingerprint density at radius 1 is 1.50 bits per heavy atom. The molecular formula is C10H16N4. The number of pyridine rings is 1. The number of rotatable bonds is 2. The molecule has 0 fully saturated rings. The summed E-state index contributed by atoms with van der Waals surface area (Å²) in [6.45, 7) is 6.10. The summed E-state index contributed by atoms with van der Waals surface area (Å²) in [4.78, 5) is 4.15. The Morgan fingerprint density at radius 3 is 2.64 bits per heavy atom. The maximum absolute atomic E-state index is 7.38. The van der Waals surface area contributed by atoms with Crippen molar-refractivity contribution in [2.45, 2.75) is 26.3 Å². The van der Waals surface area contributed by atoms with Crippen LogP contribution in [0.2, 0.25) is 0 Å². The lowest BCUT2D eigenvalue weighted by molar-refractivity contribution is 0.630. The zero-order chi connectivity index (χ0) is 10.8. The van der Waals surface area contributed by atoms with E-state index in [0.717, 1.165) is 0 Å². The van der Waals surface area contributed by atoms with E-state index in [-0.39, 0.29) is 11.4 Å². The number of nitrogens with two attached hydrogens (primary N) is 1. The van der Waals surface area contributed by atoms with Crippen molar-refractivity contribution in [1.29, 1.82) is 5.41 Å². The maximum Gasteiger partial charge on any atom is 0.137 e. The van der Waals surface area contributed by atoms with Gasteiger partial charge in [-0.05, 0) is 32.9 Å². The number of nitrogens with zero attached hydrogens (tertiary/aromatic N) is 1. The monoisotopic (exact) mass is 192 g/mol. The lowest BCUT2D eigenvalue weighted by Crippen LogP contribution is -2.28. The average Bonchev–Trinajstić information content (AvgIpc) is 2.01. The van der Waals surface area contributed by atoms with Crippen molar-refractivity contribution in [1.82, 2.24) is 4.98 Å². The van der Waals surface area contributed by atoms with E-state index >= 15 is 0 Å². The molecule has 4 nitrogen and oxygen atoms in total. The molecule has 14 heavy (non-hydrogen) atoms. The number of anilines is 1. The summed E-state index contributed by atoms with van der Waals surface area (Å²) >= 11 is 0. The van der Waals surface area contributed by atoms with Crippen molar-refractivity contribution >= 4 is 11.7 Å². The molecule has 0 aromatic carbocycles. The Bertz CT molecular complexity index is 338. The molecule has 0 bridgehead atoms. The average molecular weight is 192 g/mol. The first-order valence-electron chi connectivity index (χ1n) is 4.48. The smallest absolute Gasteiger partial charge is 0.137 e. The molecule has 0 aliphatic carbocycles. The predicted octanol–water partition coefficient (Wildman–Crippen LogP) is 1.58. The molecule has 1 aromatic heterocycles. The maximum atomic E-state index is 7.38. The van der Waals surface area contributed by atoms with Crippen LogP contribution < -0.4 is 11.1 Å². The lowest BCUT2D eigenvalue weighted by atomic mass is 10.1. The number of aromatic nitrogens is 1. The first-order valence-corrected chi connectivity index (χ1v) is 4.48. The second kappa shape index (κ2) is 3.65. The zero-order valence-electron chi connectivity index (χ0n) is 8.76. The molecule has 0 radical (unpaired) electrons. The van der Waals surface area contributed by atoms with E-state index in [2.05, 4.69) is 10.3 Å². The first kappa shape index (κ1) is 10.5. The fraction of sp³-hybridized carbons (Fsp3) is 0.400. The number of hydrogen-bond acceptors (Lipinski definition) is 3. The van der Waals surface area contributed by atoms with E-state index in [0.29, 0.717) is 11.4 Å². The number of nitrogen functional groups attached to an aromatic ring is 1. The normalized spacial score (nSPS) is 11.1. The van der Waals surface area contributed by atoms with Crippen molar-refractivity contribution in [3.63, 3.8) is 0 Å². The van der Waals surface area contributed by atoms with Gasteiger partial charge in [0.15, 0.2) is 0 Å². The molecule has 4 heteroatoms. The highest BCUT2D eigenvalue weighted by atomic mass is 15.0. The van der Waals surface area contributed by atoms with Crippen LogP contribution in [0.3, 0.4) is 0 Å². The van der Waals surface area contributed by atoms with Crippen molar-refractivity contribution < 1.29 is 0 Å². The molecule has 0 atom stereocenters. The van der Waals surface area contributed by atoms with Crippen LogP contribution in [0.25, 0.3) is 0 Å². The van der Waals surface area contributed by atoms with Crippen LogP contribution in [-0.4, -0.2) is 16.4 Å². The highest BCUT2D eigenvalue weighted by molar-refractivity contribution is 5.99. The second-order valence-corrected chi connectivity index (χ2v) is 4.19. The minimum absolute atomic E-state index is 0.0323. The third kappa shape index (κ3) is 2.73. The van der Waals surface area contributed by atoms with Crippen LogP contribution in [0.1, 0.15) is 26.3 Å². The molecule has 1 heterocycles. The fourth-order valence-corrected chi connectivity index (χ4v) is 1.08. The summed E-state index contributed by atoms with van der Waals surface area (Å²) < 4.78 is 0. The van der Waals surface area contributed by atoms with Gasteiger partial charge in [-0.15, -0.1) is 0 Å². The van der Waals surface area contributed by atoms with Crippen LogP contribution >= 0.6 is 0 Å². The predicted molar refractivity (Wildman–Crippen MR) is 58.6 cm³/mol. The first-order chi connectivity index (χ1) is 6.40. The quantitative estimate of drug-likeness (QED) is 0.492. The van der Waals surface area contributed by atoms with Gasteiger partial charge in [0.25, 0.3) is 0 Å². The Hall–Kier alpha value is -1.58. The zero-order valence-corrected chi connectivity index (χ0v) is 8.76. The molecule has 0 amide bonds. The molecule has 1 rings (SSSR count). The molecule has 1 aromatic rings. The summed E-state index contributed by atoms with van der Waals surface area (Å²) in [6, 6.07) is 3.55. The molecule has 0 saturated carbocycles. The van der Waals surface area contributed by atoms with E-state index in [1.54, 1.807) is 18.3 Å². The lowest BCUT2D eigenvalue weighted by Gasteiger charge is -2.22. The van der Waals surface area contributed by atoms with E-state index in [4.69, 9.17) is 11.1 Å². The molecule has 0 aliphatic heterocycles. The SMILES string of the molecule is CC(C)(C)Nc1ncccc1C(=N)N. The standard InChI is InChI=1S/C10H16N4/c1-10(2,3)14-9-7(8(11)12)5-4-6-13-9/h4-6H,1-3H3,(H3,11,12)(H,13,14).